The Bertz CT molecular complexity index is 558. The third-order valence-electron chi connectivity index (χ3n) is 1.89. The second-order valence-electron chi connectivity index (χ2n) is 3.94. The van der Waals surface area contributed by atoms with E-state index in [2.05, 4.69) is 9.44 Å². The molecule has 1 aromatic rings. The van der Waals surface area contributed by atoms with E-state index in [0.717, 1.165) is 0 Å². The predicted octanol–water partition coefficient (Wildman–Crippen LogP) is 1.63. The Balaban J connectivity index is 3.04. The van der Waals surface area contributed by atoms with Crippen LogP contribution in [0.1, 0.15) is 19.4 Å². The first-order valence-electron chi connectivity index (χ1n) is 5.10. The van der Waals surface area contributed by atoms with E-state index in [1.807, 2.05) is 0 Å². The maximum atomic E-state index is 11.7. The number of benzene rings is 1. The van der Waals surface area contributed by atoms with Crippen LogP contribution in [-0.4, -0.2) is 19.4 Å². The lowest BCUT2D eigenvalue weighted by Crippen LogP contribution is -2.35. The van der Waals surface area contributed by atoms with Gasteiger partial charge in [-0.1, -0.05) is 29.9 Å². The van der Waals surface area contributed by atoms with Crippen molar-refractivity contribution in [2.75, 3.05) is 4.72 Å². The van der Waals surface area contributed by atoms with Crippen molar-refractivity contribution in [3.8, 4) is 0 Å². The normalized spacial score (nSPS) is 11.6. The molecule has 18 heavy (non-hydrogen) atoms. The molecule has 0 aromatic heterocycles. The van der Waals surface area contributed by atoms with Gasteiger partial charge in [0.25, 0.3) is 10.2 Å². The molecule has 1 rings (SSSR count). The number of nitrogens with two attached hydrogens (primary N) is 1. The number of halogens is 1. The lowest BCUT2D eigenvalue weighted by atomic mass is 10.2. The highest BCUT2D eigenvalue weighted by Gasteiger charge is 2.14. The molecule has 0 heterocycles. The Morgan fingerprint density at radius 2 is 2.06 bits per heavy atom. The van der Waals surface area contributed by atoms with E-state index < -0.39 is 10.2 Å². The molecule has 0 saturated heterocycles. The van der Waals surface area contributed by atoms with Gasteiger partial charge in [-0.25, -0.2) is 0 Å². The maximum absolute atomic E-state index is 11.7. The molecule has 0 unspecified atom stereocenters. The lowest BCUT2D eigenvalue weighted by Gasteiger charge is -2.13. The van der Waals surface area contributed by atoms with Gasteiger partial charge in [-0.2, -0.15) is 13.1 Å². The summed E-state index contributed by atoms with van der Waals surface area (Å²) < 4.78 is 28.1. The number of anilines is 1. The highest BCUT2D eigenvalue weighted by atomic mass is 35.5. The largest absolute Gasteiger partial charge is 0.389 e. The summed E-state index contributed by atoms with van der Waals surface area (Å²) >= 11 is 10.7. The van der Waals surface area contributed by atoms with Crippen LogP contribution in [-0.2, 0) is 10.2 Å². The molecule has 0 aliphatic rings. The van der Waals surface area contributed by atoms with Crippen LogP contribution in [0, 0.1) is 0 Å². The van der Waals surface area contributed by atoms with Gasteiger partial charge < -0.3 is 5.73 Å². The Morgan fingerprint density at radius 1 is 1.44 bits per heavy atom. The molecule has 1 aromatic carbocycles. The molecule has 0 atom stereocenters. The fraction of sp³-hybridized carbons (Fsp3) is 0.300. The molecule has 0 aliphatic carbocycles. The van der Waals surface area contributed by atoms with Crippen molar-refractivity contribution in [2.24, 2.45) is 5.73 Å². The molecule has 0 radical (unpaired) electrons. The van der Waals surface area contributed by atoms with Crippen molar-refractivity contribution < 1.29 is 8.42 Å². The van der Waals surface area contributed by atoms with Crippen molar-refractivity contribution in [1.29, 1.82) is 0 Å². The Labute approximate surface area is 117 Å². The summed E-state index contributed by atoms with van der Waals surface area (Å²) in [5.74, 6) is 0. The summed E-state index contributed by atoms with van der Waals surface area (Å²) in [5, 5.41) is 0.268. The third-order valence-corrected chi connectivity index (χ3v) is 3.72. The molecule has 0 aliphatic heterocycles. The molecule has 0 amide bonds. The van der Waals surface area contributed by atoms with Crippen LogP contribution in [0.4, 0.5) is 5.69 Å². The van der Waals surface area contributed by atoms with E-state index in [4.69, 9.17) is 29.6 Å². The van der Waals surface area contributed by atoms with Crippen LogP contribution in [0.15, 0.2) is 18.2 Å². The van der Waals surface area contributed by atoms with E-state index in [0.29, 0.717) is 5.56 Å². The van der Waals surface area contributed by atoms with Crippen molar-refractivity contribution in [1.82, 2.24) is 4.72 Å². The quantitative estimate of drug-likeness (QED) is 0.722. The smallest absolute Gasteiger partial charge is 0.299 e. The van der Waals surface area contributed by atoms with Gasteiger partial charge in [-0.3, -0.25) is 4.72 Å². The molecular weight excluding hydrogens is 294 g/mol. The first kappa shape index (κ1) is 15.2. The fourth-order valence-corrected chi connectivity index (χ4v) is 2.73. The number of hydrogen-bond acceptors (Lipinski definition) is 3. The molecular formula is C10H14ClN3O2S2. The van der Waals surface area contributed by atoms with Crippen LogP contribution in [0.25, 0.3) is 0 Å². The summed E-state index contributed by atoms with van der Waals surface area (Å²) in [6.45, 7) is 3.43. The van der Waals surface area contributed by atoms with E-state index in [-0.39, 0.29) is 21.7 Å². The summed E-state index contributed by atoms with van der Waals surface area (Å²) in [4.78, 5) is 0.170. The van der Waals surface area contributed by atoms with Crippen LogP contribution >= 0.6 is 23.8 Å². The summed E-state index contributed by atoms with van der Waals surface area (Å²) in [5.41, 5.74) is 6.24. The van der Waals surface area contributed by atoms with Gasteiger partial charge in [-0.15, -0.1) is 0 Å². The van der Waals surface area contributed by atoms with E-state index in [9.17, 15) is 8.42 Å². The summed E-state index contributed by atoms with van der Waals surface area (Å²) in [6, 6.07) is 4.42. The van der Waals surface area contributed by atoms with Crippen molar-refractivity contribution in [2.45, 2.75) is 19.9 Å². The minimum Gasteiger partial charge on any atom is -0.389 e. The van der Waals surface area contributed by atoms with Gasteiger partial charge in [-0.05, 0) is 26.0 Å². The number of thiocarbonyl (C=S) groups is 1. The molecule has 0 spiro atoms. The molecule has 4 N–H and O–H groups in total. The van der Waals surface area contributed by atoms with Gasteiger partial charge in [0.1, 0.15) is 4.99 Å². The second-order valence-corrected chi connectivity index (χ2v) is 6.23. The summed E-state index contributed by atoms with van der Waals surface area (Å²) in [6.07, 6.45) is 0. The van der Waals surface area contributed by atoms with Crippen LogP contribution < -0.4 is 15.2 Å². The topological polar surface area (TPSA) is 84.2 Å². The molecule has 5 nitrogen and oxygen atoms in total. The predicted molar refractivity (Wildman–Crippen MR) is 78.2 cm³/mol. The highest BCUT2D eigenvalue weighted by molar-refractivity contribution is 7.90. The van der Waals surface area contributed by atoms with Crippen LogP contribution in [0.3, 0.4) is 0 Å². The first-order valence-corrected chi connectivity index (χ1v) is 7.37. The lowest BCUT2D eigenvalue weighted by molar-refractivity contribution is 0.575. The van der Waals surface area contributed by atoms with Crippen molar-refractivity contribution in [3.05, 3.63) is 28.8 Å². The van der Waals surface area contributed by atoms with E-state index in [1.165, 1.54) is 12.1 Å². The molecule has 100 valence electrons. The number of rotatable bonds is 5. The monoisotopic (exact) mass is 307 g/mol. The average molecular weight is 308 g/mol. The summed E-state index contributed by atoms with van der Waals surface area (Å²) in [7, 11) is -3.67. The average Bonchev–Trinajstić information content (AvgIpc) is 2.18. The van der Waals surface area contributed by atoms with Crippen LogP contribution in [0.5, 0.6) is 0 Å². The van der Waals surface area contributed by atoms with Gasteiger partial charge in [0.05, 0.1) is 10.7 Å². The molecule has 0 fully saturated rings. The minimum absolute atomic E-state index is 0.170. The number of nitrogens with one attached hydrogen (secondary N) is 2. The Hall–Kier alpha value is -0.890. The standard InChI is InChI=1S/C10H14ClN3O2S2/c1-6(2)13-18(15,16)14-9-5-7(10(12)17)3-4-8(9)11/h3-6,13-14H,1-2H3,(H2,12,17). The van der Waals surface area contributed by atoms with Gasteiger partial charge in [0, 0.05) is 11.6 Å². The molecule has 0 bridgehead atoms. The van der Waals surface area contributed by atoms with Gasteiger partial charge in [0.15, 0.2) is 0 Å². The third kappa shape index (κ3) is 4.41. The highest BCUT2D eigenvalue weighted by Crippen LogP contribution is 2.23. The molecule has 0 saturated carbocycles. The van der Waals surface area contributed by atoms with Crippen molar-refractivity contribution in [3.63, 3.8) is 0 Å². The fourth-order valence-electron chi connectivity index (χ4n) is 1.24. The van der Waals surface area contributed by atoms with Crippen LogP contribution in [0.2, 0.25) is 5.02 Å². The molecule has 8 heteroatoms. The minimum atomic E-state index is -3.67. The Morgan fingerprint density at radius 3 is 2.56 bits per heavy atom. The van der Waals surface area contributed by atoms with Gasteiger partial charge >= 0.3 is 0 Å². The van der Waals surface area contributed by atoms with Gasteiger partial charge in [0.2, 0.25) is 0 Å². The SMILES string of the molecule is CC(C)NS(=O)(=O)Nc1cc(C(N)=S)ccc1Cl. The van der Waals surface area contributed by atoms with E-state index in [1.54, 1.807) is 19.9 Å². The zero-order chi connectivity index (χ0) is 13.9. The zero-order valence-corrected chi connectivity index (χ0v) is 12.3. The Kier molecular flexibility index (Phi) is 4.92. The van der Waals surface area contributed by atoms with Crippen molar-refractivity contribution >= 4 is 44.7 Å². The first-order chi connectivity index (χ1) is 8.21. The maximum Gasteiger partial charge on any atom is 0.299 e. The zero-order valence-electron chi connectivity index (χ0n) is 9.90. The van der Waals surface area contributed by atoms with E-state index >= 15 is 0 Å². The second kappa shape index (κ2) is 5.83. The number of hydrogen-bond donors (Lipinski definition) is 3.